The summed E-state index contributed by atoms with van der Waals surface area (Å²) in [5, 5.41) is 2.88. The number of nitrogens with zero attached hydrogens (tertiary/aromatic N) is 1. The molecule has 0 aliphatic heterocycles. The number of carbonyl (C=O) groups is 2. The number of nitrogens with one attached hydrogen (secondary N) is 1. The number of benzene rings is 1. The quantitative estimate of drug-likeness (QED) is 0.644. The zero-order chi connectivity index (χ0) is 19.4. The van der Waals surface area contributed by atoms with Crippen LogP contribution < -0.4 is 5.32 Å². The second-order valence-electron chi connectivity index (χ2n) is 6.50. The third kappa shape index (κ3) is 4.35. The highest BCUT2D eigenvalue weighted by molar-refractivity contribution is 5.94. The van der Waals surface area contributed by atoms with Gasteiger partial charge in [0.2, 0.25) is 0 Å². The van der Waals surface area contributed by atoms with Crippen molar-refractivity contribution in [2.24, 2.45) is 0 Å². The molecule has 0 bridgehead atoms. The van der Waals surface area contributed by atoms with Gasteiger partial charge in [-0.25, -0.2) is 0 Å². The first kappa shape index (κ1) is 18.7. The molecular weight excluding hydrogens is 344 g/mol. The first-order chi connectivity index (χ1) is 13.0. The number of likely N-dealkylation sites (N-methyl/N-ethyl adjacent to an activating group) is 1. The van der Waals surface area contributed by atoms with Gasteiger partial charge < -0.3 is 14.2 Å². The van der Waals surface area contributed by atoms with E-state index in [2.05, 4.69) is 5.32 Å². The Morgan fingerprint density at radius 1 is 1.07 bits per heavy atom. The number of rotatable bonds is 7. The Morgan fingerprint density at radius 3 is 2.41 bits per heavy atom. The maximum absolute atomic E-state index is 12.4. The maximum Gasteiger partial charge on any atom is 0.287 e. The van der Waals surface area contributed by atoms with Gasteiger partial charge in [-0.05, 0) is 45.3 Å². The van der Waals surface area contributed by atoms with Crippen LogP contribution in [0.15, 0.2) is 63.6 Å². The summed E-state index contributed by atoms with van der Waals surface area (Å²) in [5.41, 5.74) is 1.44. The van der Waals surface area contributed by atoms with E-state index in [1.54, 1.807) is 42.7 Å². The minimum absolute atomic E-state index is 0.00747. The van der Waals surface area contributed by atoms with Gasteiger partial charge >= 0.3 is 0 Å². The molecule has 0 spiro atoms. The predicted molar refractivity (Wildman–Crippen MR) is 102 cm³/mol. The summed E-state index contributed by atoms with van der Waals surface area (Å²) in [7, 11) is 3.85. The second-order valence-corrected chi connectivity index (χ2v) is 6.50. The van der Waals surface area contributed by atoms with Gasteiger partial charge in [0.1, 0.15) is 11.5 Å². The lowest BCUT2D eigenvalue weighted by atomic mass is 10.1. The molecule has 6 nitrogen and oxygen atoms in total. The van der Waals surface area contributed by atoms with Crippen LogP contribution in [0.3, 0.4) is 0 Å². The zero-order valence-corrected chi connectivity index (χ0v) is 15.6. The van der Waals surface area contributed by atoms with Crippen molar-refractivity contribution in [1.29, 1.82) is 0 Å². The fraction of sp³-hybridized carbons (Fsp3) is 0.238. The molecule has 0 saturated carbocycles. The molecule has 0 aliphatic rings. The molecule has 0 unspecified atom stereocenters. The van der Waals surface area contributed by atoms with Crippen molar-refractivity contribution in [3.63, 3.8) is 0 Å². The highest BCUT2D eigenvalue weighted by atomic mass is 16.4. The van der Waals surface area contributed by atoms with Gasteiger partial charge in [0.25, 0.3) is 5.91 Å². The van der Waals surface area contributed by atoms with Crippen molar-refractivity contribution in [1.82, 2.24) is 10.2 Å². The minimum atomic E-state index is -0.292. The fourth-order valence-electron chi connectivity index (χ4n) is 2.78. The summed E-state index contributed by atoms with van der Waals surface area (Å²) in [5.74, 6) is 1.31. The lowest BCUT2D eigenvalue weighted by molar-refractivity contribution is 0.0911. The van der Waals surface area contributed by atoms with E-state index in [9.17, 15) is 9.59 Å². The van der Waals surface area contributed by atoms with Crippen LogP contribution in [0.5, 0.6) is 0 Å². The molecule has 6 heteroatoms. The van der Waals surface area contributed by atoms with E-state index in [1.807, 2.05) is 31.1 Å². The van der Waals surface area contributed by atoms with Crippen LogP contribution in [0.4, 0.5) is 0 Å². The monoisotopic (exact) mass is 366 g/mol. The van der Waals surface area contributed by atoms with Crippen molar-refractivity contribution < 1.29 is 18.4 Å². The number of ketones is 1. The van der Waals surface area contributed by atoms with Gasteiger partial charge in [-0.1, -0.05) is 24.3 Å². The molecule has 2 heterocycles. The average molecular weight is 366 g/mol. The Balaban J connectivity index is 1.67. The molecule has 27 heavy (non-hydrogen) atoms. The molecule has 0 fully saturated rings. The molecule has 1 amide bonds. The summed E-state index contributed by atoms with van der Waals surface area (Å²) in [6, 6.07) is 14.1. The van der Waals surface area contributed by atoms with E-state index < -0.39 is 0 Å². The smallest absolute Gasteiger partial charge is 0.287 e. The van der Waals surface area contributed by atoms with Crippen LogP contribution in [0.2, 0.25) is 0 Å². The molecule has 0 radical (unpaired) electrons. The normalized spacial score (nSPS) is 12.1. The van der Waals surface area contributed by atoms with E-state index in [-0.39, 0.29) is 23.5 Å². The number of hydrogen-bond donors (Lipinski definition) is 1. The molecule has 140 valence electrons. The fourth-order valence-corrected chi connectivity index (χ4v) is 2.78. The standard InChI is InChI=1S/C21H22N2O4/c1-14(24)15-6-8-16(9-7-15)18-10-11-20(27-18)21(25)22-13-17(23(2)3)19-5-4-12-26-19/h4-12,17H,13H2,1-3H3,(H,22,25)/t17-/m1/s1. The minimum Gasteiger partial charge on any atom is -0.468 e. The Kier molecular flexibility index (Phi) is 5.57. The Bertz CT molecular complexity index is 908. The van der Waals surface area contributed by atoms with Crippen molar-refractivity contribution >= 4 is 11.7 Å². The van der Waals surface area contributed by atoms with Crippen molar-refractivity contribution in [2.75, 3.05) is 20.6 Å². The molecule has 2 aromatic heterocycles. The zero-order valence-electron chi connectivity index (χ0n) is 15.6. The first-order valence-electron chi connectivity index (χ1n) is 8.65. The Labute approximate surface area is 157 Å². The average Bonchev–Trinajstić information content (AvgIpc) is 3.34. The van der Waals surface area contributed by atoms with Gasteiger partial charge in [0, 0.05) is 17.7 Å². The van der Waals surface area contributed by atoms with E-state index in [4.69, 9.17) is 8.83 Å². The van der Waals surface area contributed by atoms with Gasteiger partial charge in [0.05, 0.1) is 12.3 Å². The van der Waals surface area contributed by atoms with Crippen molar-refractivity contribution in [3.05, 3.63) is 71.9 Å². The van der Waals surface area contributed by atoms with Gasteiger partial charge in [-0.15, -0.1) is 0 Å². The highest BCUT2D eigenvalue weighted by Crippen LogP contribution is 2.23. The van der Waals surface area contributed by atoms with Crippen molar-refractivity contribution in [3.8, 4) is 11.3 Å². The Hall–Kier alpha value is -3.12. The number of furan rings is 2. The molecule has 3 aromatic rings. The van der Waals surface area contributed by atoms with Crippen LogP contribution >= 0.6 is 0 Å². The number of Topliss-reactive ketones (excluding diaryl/α,β-unsaturated/α-hetero) is 1. The molecular formula is C21H22N2O4. The number of amides is 1. The van der Waals surface area contributed by atoms with E-state index in [1.165, 1.54) is 6.92 Å². The molecule has 3 rings (SSSR count). The third-order valence-electron chi connectivity index (χ3n) is 4.36. The molecule has 1 N–H and O–H groups in total. The lowest BCUT2D eigenvalue weighted by Gasteiger charge is -2.22. The van der Waals surface area contributed by atoms with Crippen molar-refractivity contribution in [2.45, 2.75) is 13.0 Å². The molecule has 0 aliphatic carbocycles. The van der Waals surface area contributed by atoms with Gasteiger partial charge in [-0.2, -0.15) is 0 Å². The predicted octanol–water partition coefficient (Wildman–Crippen LogP) is 3.77. The summed E-state index contributed by atoms with van der Waals surface area (Å²) >= 11 is 0. The Morgan fingerprint density at radius 2 is 1.81 bits per heavy atom. The summed E-state index contributed by atoms with van der Waals surface area (Å²) < 4.78 is 11.1. The summed E-state index contributed by atoms with van der Waals surface area (Å²) in [6.45, 7) is 1.91. The van der Waals surface area contributed by atoms with E-state index >= 15 is 0 Å². The number of carbonyl (C=O) groups excluding carboxylic acids is 2. The highest BCUT2D eigenvalue weighted by Gasteiger charge is 2.19. The SMILES string of the molecule is CC(=O)c1ccc(-c2ccc(C(=O)NC[C@H](c3ccco3)N(C)C)o2)cc1. The molecule has 1 aromatic carbocycles. The molecule has 0 saturated heterocycles. The van der Waals surface area contributed by atoms with Gasteiger partial charge in [-0.3, -0.25) is 14.5 Å². The van der Waals surface area contributed by atoms with Crippen LogP contribution in [0, 0.1) is 0 Å². The third-order valence-corrected chi connectivity index (χ3v) is 4.36. The summed E-state index contributed by atoms with van der Waals surface area (Å²) in [6.07, 6.45) is 1.61. The first-order valence-corrected chi connectivity index (χ1v) is 8.65. The number of hydrogen-bond acceptors (Lipinski definition) is 5. The lowest BCUT2D eigenvalue weighted by Crippen LogP contribution is -2.34. The van der Waals surface area contributed by atoms with E-state index in [0.717, 1.165) is 11.3 Å². The van der Waals surface area contributed by atoms with Gasteiger partial charge in [0.15, 0.2) is 11.5 Å². The second kappa shape index (κ2) is 8.05. The van der Waals surface area contributed by atoms with E-state index in [0.29, 0.717) is 17.9 Å². The maximum atomic E-state index is 12.4. The largest absolute Gasteiger partial charge is 0.468 e. The summed E-state index contributed by atoms with van der Waals surface area (Å²) in [4.78, 5) is 25.8. The topological polar surface area (TPSA) is 75.7 Å². The van der Waals surface area contributed by atoms with Crippen LogP contribution in [0.1, 0.15) is 39.6 Å². The van der Waals surface area contributed by atoms with Crippen LogP contribution in [0.25, 0.3) is 11.3 Å². The van der Waals surface area contributed by atoms with Crippen LogP contribution in [-0.4, -0.2) is 37.2 Å². The van der Waals surface area contributed by atoms with Crippen LogP contribution in [-0.2, 0) is 0 Å². The molecule has 1 atom stereocenters.